The lowest BCUT2D eigenvalue weighted by Crippen LogP contribution is -2.72. The van der Waals surface area contributed by atoms with Crippen molar-refractivity contribution in [3.8, 4) is 11.5 Å². The van der Waals surface area contributed by atoms with Gasteiger partial charge in [-0.15, -0.1) is 0 Å². The summed E-state index contributed by atoms with van der Waals surface area (Å²) < 4.78 is 10.2. The smallest absolute Gasteiger partial charge is 0.283 e. The minimum absolute atomic E-state index is 0.280. The molecule has 5 nitrogen and oxygen atoms in total. The Morgan fingerprint density at radius 2 is 2.00 bits per heavy atom. The van der Waals surface area contributed by atoms with Gasteiger partial charge in [-0.1, -0.05) is 11.2 Å². The van der Waals surface area contributed by atoms with Crippen LogP contribution in [0.25, 0.3) is 0 Å². The van der Waals surface area contributed by atoms with Crippen molar-refractivity contribution in [1.82, 2.24) is 0 Å². The van der Waals surface area contributed by atoms with Gasteiger partial charge in [0.25, 0.3) is 5.84 Å². The van der Waals surface area contributed by atoms with Crippen molar-refractivity contribution in [3.63, 3.8) is 0 Å². The number of methoxy groups -OCH3 is 2. The van der Waals surface area contributed by atoms with Crippen LogP contribution < -0.4 is 20.4 Å². The Morgan fingerprint density at radius 3 is 2.53 bits per heavy atom. The molecule has 82 valence electrons. The normalized spacial score (nSPS) is 11.2. The third-order valence-electron chi connectivity index (χ3n) is 1.99. The van der Waals surface area contributed by atoms with E-state index >= 15 is 0 Å². The molecule has 0 aromatic heterocycles. The SMILES string of the molecule is COc1ccc(CC(N)=[NH+]O)cc1OC. The molecule has 0 saturated carbocycles. The number of amidine groups is 1. The molecule has 0 aliphatic carbocycles. The van der Waals surface area contributed by atoms with E-state index in [0.29, 0.717) is 17.9 Å². The molecule has 0 heterocycles. The molecule has 0 fully saturated rings. The lowest BCUT2D eigenvalue weighted by molar-refractivity contribution is -0.738. The van der Waals surface area contributed by atoms with Gasteiger partial charge in [0.1, 0.15) is 0 Å². The van der Waals surface area contributed by atoms with Gasteiger partial charge in [0.15, 0.2) is 11.5 Å². The van der Waals surface area contributed by atoms with Crippen molar-refractivity contribution in [1.29, 1.82) is 0 Å². The number of benzene rings is 1. The van der Waals surface area contributed by atoms with Crippen molar-refractivity contribution in [2.75, 3.05) is 14.2 Å². The van der Waals surface area contributed by atoms with Gasteiger partial charge in [-0.2, -0.15) is 0 Å². The molecule has 0 atom stereocenters. The van der Waals surface area contributed by atoms with E-state index < -0.39 is 0 Å². The zero-order valence-electron chi connectivity index (χ0n) is 8.78. The first-order valence-corrected chi connectivity index (χ1v) is 4.43. The maximum Gasteiger partial charge on any atom is 0.283 e. The Balaban J connectivity index is 2.93. The highest BCUT2D eigenvalue weighted by atomic mass is 16.5. The Kier molecular flexibility index (Phi) is 3.79. The predicted molar refractivity (Wildman–Crippen MR) is 55.2 cm³/mol. The molecule has 5 heteroatoms. The van der Waals surface area contributed by atoms with Crippen LogP contribution >= 0.6 is 0 Å². The molecule has 0 spiro atoms. The van der Waals surface area contributed by atoms with E-state index in [1.807, 2.05) is 17.3 Å². The van der Waals surface area contributed by atoms with E-state index in [-0.39, 0.29) is 5.84 Å². The highest BCUT2D eigenvalue weighted by Gasteiger charge is 2.07. The molecule has 0 amide bonds. The maximum absolute atomic E-state index is 8.56. The first-order chi connectivity index (χ1) is 7.21. The third-order valence-corrected chi connectivity index (χ3v) is 1.99. The number of hydrogen-bond donors (Lipinski definition) is 3. The molecule has 1 aromatic rings. The van der Waals surface area contributed by atoms with Crippen LogP contribution in [0.4, 0.5) is 0 Å². The Morgan fingerprint density at radius 1 is 1.33 bits per heavy atom. The Hall–Kier alpha value is -1.91. The summed E-state index contributed by atoms with van der Waals surface area (Å²) in [6.45, 7) is 0. The fourth-order valence-electron chi connectivity index (χ4n) is 1.25. The summed E-state index contributed by atoms with van der Waals surface area (Å²) in [5.41, 5.74) is 6.37. The summed E-state index contributed by atoms with van der Waals surface area (Å²) in [5, 5.41) is 10.5. The van der Waals surface area contributed by atoms with E-state index in [1.165, 1.54) is 0 Å². The molecule has 4 N–H and O–H groups in total. The number of nitrogens with two attached hydrogens (primary N) is 1. The minimum Gasteiger partial charge on any atom is -0.493 e. The Labute approximate surface area is 88.1 Å². The molecule has 15 heavy (non-hydrogen) atoms. The zero-order valence-corrected chi connectivity index (χ0v) is 8.78. The summed E-state index contributed by atoms with van der Waals surface area (Å²) in [7, 11) is 3.15. The second kappa shape index (κ2) is 5.09. The highest BCUT2D eigenvalue weighted by Crippen LogP contribution is 2.27. The molecule has 0 saturated heterocycles. The van der Waals surface area contributed by atoms with Gasteiger partial charge in [-0.05, 0) is 17.7 Å². The van der Waals surface area contributed by atoms with E-state index in [4.69, 9.17) is 20.4 Å². The second-order valence-electron chi connectivity index (χ2n) is 3.00. The Bertz CT molecular complexity index is 364. The molecule has 1 aromatic carbocycles. The van der Waals surface area contributed by atoms with E-state index in [2.05, 4.69) is 0 Å². The van der Waals surface area contributed by atoms with E-state index in [9.17, 15) is 0 Å². The minimum atomic E-state index is 0.280. The standard InChI is InChI=1S/C10H14N2O3/c1-14-8-4-3-7(5-9(8)15-2)6-10(11)12-13/h3-5,13H,6H2,1-2H3,(H2,11,12)/p+1. The quantitative estimate of drug-likeness (QED) is 0.260. The lowest BCUT2D eigenvalue weighted by Gasteiger charge is -2.08. The number of rotatable bonds is 4. The van der Waals surface area contributed by atoms with Gasteiger partial charge in [-0.3, -0.25) is 5.73 Å². The van der Waals surface area contributed by atoms with Crippen molar-refractivity contribution in [2.45, 2.75) is 6.42 Å². The average molecular weight is 211 g/mol. The van der Waals surface area contributed by atoms with Crippen LogP contribution in [0, 0.1) is 0 Å². The number of hydrogen-bond acceptors (Lipinski definition) is 3. The molecule has 1 rings (SSSR count). The molecule has 0 bridgehead atoms. The molecular formula is C10H15N2O3+. The monoisotopic (exact) mass is 211 g/mol. The molecule has 0 radical (unpaired) electrons. The van der Waals surface area contributed by atoms with Crippen molar-refractivity contribution in [3.05, 3.63) is 23.8 Å². The molecular weight excluding hydrogens is 196 g/mol. The van der Waals surface area contributed by atoms with Gasteiger partial charge < -0.3 is 14.7 Å². The zero-order chi connectivity index (χ0) is 11.3. The topological polar surface area (TPSA) is 78.7 Å². The van der Waals surface area contributed by atoms with Crippen LogP contribution in [0.3, 0.4) is 0 Å². The van der Waals surface area contributed by atoms with Crippen LogP contribution in [-0.2, 0) is 6.42 Å². The summed E-state index contributed by atoms with van der Waals surface area (Å²) in [6, 6.07) is 5.45. The van der Waals surface area contributed by atoms with Crippen LogP contribution in [-0.4, -0.2) is 25.3 Å². The first-order valence-electron chi connectivity index (χ1n) is 4.43. The number of ether oxygens (including phenoxy) is 2. The maximum atomic E-state index is 8.56. The number of nitrogens with one attached hydrogen (secondary N) is 1. The fraction of sp³-hybridized carbons (Fsp3) is 0.300. The van der Waals surface area contributed by atoms with Crippen LogP contribution in [0.15, 0.2) is 18.2 Å². The van der Waals surface area contributed by atoms with Gasteiger partial charge in [0.05, 0.1) is 20.6 Å². The van der Waals surface area contributed by atoms with E-state index in [0.717, 1.165) is 5.56 Å². The van der Waals surface area contributed by atoms with Crippen LogP contribution in [0.1, 0.15) is 5.56 Å². The second-order valence-corrected chi connectivity index (χ2v) is 3.00. The van der Waals surface area contributed by atoms with Gasteiger partial charge in [0.2, 0.25) is 0 Å². The first kappa shape index (κ1) is 11.2. The highest BCUT2D eigenvalue weighted by molar-refractivity contribution is 5.77. The molecule has 0 unspecified atom stereocenters. The van der Waals surface area contributed by atoms with Crippen molar-refractivity contribution in [2.24, 2.45) is 5.73 Å². The van der Waals surface area contributed by atoms with Crippen molar-refractivity contribution < 1.29 is 19.8 Å². The summed E-state index contributed by atoms with van der Waals surface area (Å²) in [6.07, 6.45) is 0.427. The fourth-order valence-corrected chi connectivity index (χ4v) is 1.25. The average Bonchev–Trinajstić information content (AvgIpc) is 2.28. The lowest BCUT2D eigenvalue weighted by atomic mass is 10.1. The summed E-state index contributed by atoms with van der Waals surface area (Å²) >= 11 is 0. The van der Waals surface area contributed by atoms with Crippen LogP contribution in [0.2, 0.25) is 0 Å². The largest absolute Gasteiger partial charge is 0.493 e. The molecule has 0 aliphatic heterocycles. The molecule has 0 aliphatic rings. The third kappa shape index (κ3) is 2.77. The van der Waals surface area contributed by atoms with E-state index in [1.54, 1.807) is 20.3 Å². The predicted octanol–water partition coefficient (Wildman–Crippen LogP) is -0.927. The van der Waals surface area contributed by atoms with Crippen LogP contribution in [0.5, 0.6) is 11.5 Å². The van der Waals surface area contributed by atoms with Gasteiger partial charge >= 0.3 is 0 Å². The summed E-state index contributed by atoms with van der Waals surface area (Å²) in [4.78, 5) is 0. The van der Waals surface area contributed by atoms with Gasteiger partial charge in [0, 0.05) is 0 Å². The van der Waals surface area contributed by atoms with Crippen molar-refractivity contribution >= 4 is 5.84 Å². The van der Waals surface area contributed by atoms with Gasteiger partial charge in [-0.25, -0.2) is 0 Å². The summed E-state index contributed by atoms with van der Waals surface area (Å²) in [5.74, 6) is 1.58.